The number of halogens is 1. The van der Waals surface area contributed by atoms with Crippen LogP contribution in [-0.2, 0) is 21.7 Å². The van der Waals surface area contributed by atoms with Gasteiger partial charge in [-0.1, -0.05) is 61.0 Å². The molecule has 0 aliphatic carbocycles. The molecule has 4 nitrogen and oxygen atoms in total. The molecule has 4 rings (SSSR count). The second-order valence-corrected chi connectivity index (χ2v) is 13.4. The van der Waals surface area contributed by atoms with Gasteiger partial charge in [-0.25, -0.2) is 13.4 Å². The quantitative estimate of drug-likeness (QED) is 0.390. The molecule has 1 aromatic heterocycles. The fourth-order valence-electron chi connectivity index (χ4n) is 4.07. The molecule has 0 unspecified atom stereocenters. The van der Waals surface area contributed by atoms with Gasteiger partial charge in [-0.05, 0) is 53.6 Å². The third-order valence-corrected chi connectivity index (χ3v) is 9.74. The lowest BCUT2D eigenvalue weighted by atomic mass is 9.87. The zero-order valence-corrected chi connectivity index (χ0v) is 21.9. The third kappa shape index (κ3) is 5.26. The van der Waals surface area contributed by atoms with Gasteiger partial charge < -0.3 is 4.90 Å². The van der Waals surface area contributed by atoms with Gasteiger partial charge in [0, 0.05) is 29.4 Å². The summed E-state index contributed by atoms with van der Waals surface area (Å²) in [5.41, 5.74) is 3.43. The van der Waals surface area contributed by atoms with Gasteiger partial charge in [-0.2, -0.15) is 0 Å². The summed E-state index contributed by atoms with van der Waals surface area (Å²) >= 11 is 5.16. The van der Waals surface area contributed by atoms with Crippen LogP contribution in [0.25, 0.3) is 0 Å². The van der Waals surface area contributed by atoms with Crippen molar-refractivity contribution < 1.29 is 8.42 Å². The summed E-state index contributed by atoms with van der Waals surface area (Å²) in [5, 5.41) is 2.76. The summed E-state index contributed by atoms with van der Waals surface area (Å²) < 4.78 is 27.5. The first kappa shape index (κ1) is 23.5. The van der Waals surface area contributed by atoms with Crippen molar-refractivity contribution >= 4 is 42.2 Å². The zero-order valence-electron chi connectivity index (χ0n) is 18.7. The Hall–Kier alpha value is -1.70. The highest BCUT2D eigenvalue weighted by Crippen LogP contribution is 2.31. The Balaban J connectivity index is 1.39. The van der Waals surface area contributed by atoms with Crippen molar-refractivity contribution in [1.82, 2.24) is 4.98 Å². The molecule has 0 radical (unpaired) electrons. The molecular weight excluding hydrogens is 504 g/mol. The van der Waals surface area contributed by atoms with E-state index in [2.05, 4.69) is 59.1 Å². The first-order valence-corrected chi connectivity index (χ1v) is 14.1. The topological polar surface area (TPSA) is 50.3 Å². The Morgan fingerprint density at radius 2 is 1.78 bits per heavy atom. The van der Waals surface area contributed by atoms with Gasteiger partial charge in [0.05, 0.1) is 15.8 Å². The monoisotopic (exact) mass is 532 g/mol. The molecule has 32 heavy (non-hydrogen) atoms. The number of thiazole rings is 1. The molecule has 3 aromatic rings. The summed E-state index contributed by atoms with van der Waals surface area (Å²) in [4.78, 5) is 7.48. The number of anilines is 1. The van der Waals surface area contributed by atoms with Gasteiger partial charge in [0.15, 0.2) is 15.0 Å². The van der Waals surface area contributed by atoms with E-state index in [-0.39, 0.29) is 10.7 Å². The van der Waals surface area contributed by atoms with Crippen LogP contribution < -0.4 is 4.90 Å². The molecule has 1 aliphatic rings. The SMILES string of the molecule is CC(C)(C)c1ccc(S(=O)(=O)C2CCN(c3nc(Cc4cccc(Br)c4)cs3)CC2)cc1. The van der Waals surface area contributed by atoms with Crippen molar-refractivity contribution in [1.29, 1.82) is 0 Å². The number of piperidine rings is 1. The van der Waals surface area contributed by atoms with Crippen molar-refractivity contribution in [3.63, 3.8) is 0 Å². The molecule has 0 atom stereocenters. The maximum Gasteiger partial charge on any atom is 0.185 e. The van der Waals surface area contributed by atoms with E-state index in [1.165, 1.54) is 5.56 Å². The summed E-state index contributed by atoms with van der Waals surface area (Å²) in [6, 6.07) is 15.7. The highest BCUT2D eigenvalue weighted by atomic mass is 79.9. The zero-order chi connectivity index (χ0) is 22.9. The van der Waals surface area contributed by atoms with Gasteiger partial charge in [0.1, 0.15) is 0 Å². The molecule has 1 aliphatic heterocycles. The minimum absolute atomic E-state index is 0.0111. The molecule has 0 saturated carbocycles. The van der Waals surface area contributed by atoms with E-state index in [0.29, 0.717) is 30.8 Å². The van der Waals surface area contributed by atoms with E-state index < -0.39 is 9.84 Å². The van der Waals surface area contributed by atoms with Crippen LogP contribution in [0, 0.1) is 0 Å². The molecule has 2 aromatic carbocycles. The third-order valence-electron chi connectivity index (χ3n) is 6.01. The number of nitrogens with zero attached hydrogens (tertiary/aromatic N) is 2. The van der Waals surface area contributed by atoms with E-state index >= 15 is 0 Å². The summed E-state index contributed by atoms with van der Waals surface area (Å²) in [7, 11) is -3.32. The normalized spacial score (nSPS) is 15.8. The molecule has 0 N–H and O–H groups in total. The molecule has 1 saturated heterocycles. The highest BCUT2D eigenvalue weighted by Gasteiger charge is 2.32. The minimum Gasteiger partial charge on any atom is -0.348 e. The lowest BCUT2D eigenvalue weighted by Gasteiger charge is -2.31. The minimum atomic E-state index is -3.32. The average Bonchev–Trinajstić information content (AvgIpc) is 3.22. The van der Waals surface area contributed by atoms with Crippen LogP contribution >= 0.6 is 27.3 Å². The van der Waals surface area contributed by atoms with E-state index in [1.54, 1.807) is 23.5 Å². The van der Waals surface area contributed by atoms with Crippen molar-refractivity contribution in [2.24, 2.45) is 0 Å². The van der Waals surface area contributed by atoms with Gasteiger partial charge in [-0.15, -0.1) is 11.3 Å². The molecular formula is C25H29BrN2O2S2. The fraction of sp³-hybridized carbons (Fsp3) is 0.400. The van der Waals surface area contributed by atoms with E-state index in [4.69, 9.17) is 4.98 Å². The number of hydrogen-bond acceptors (Lipinski definition) is 5. The molecule has 170 valence electrons. The molecule has 0 bridgehead atoms. The smallest absolute Gasteiger partial charge is 0.185 e. The van der Waals surface area contributed by atoms with Crippen molar-refractivity contribution in [3.8, 4) is 0 Å². The second kappa shape index (κ2) is 9.27. The Kier molecular flexibility index (Phi) is 6.80. The Morgan fingerprint density at radius 1 is 1.09 bits per heavy atom. The largest absolute Gasteiger partial charge is 0.348 e. The number of benzene rings is 2. The van der Waals surface area contributed by atoms with Crippen LogP contribution in [0.1, 0.15) is 50.4 Å². The predicted octanol–water partition coefficient (Wildman–Crippen LogP) is 6.24. The van der Waals surface area contributed by atoms with Gasteiger partial charge in [0.25, 0.3) is 0 Å². The van der Waals surface area contributed by atoms with Crippen molar-refractivity contribution in [2.75, 3.05) is 18.0 Å². The molecule has 2 heterocycles. The number of sulfone groups is 1. The molecule has 1 fully saturated rings. The van der Waals surface area contributed by atoms with Crippen LogP contribution in [0.2, 0.25) is 0 Å². The molecule has 0 amide bonds. The lowest BCUT2D eigenvalue weighted by Crippen LogP contribution is -2.39. The van der Waals surface area contributed by atoms with Crippen molar-refractivity contribution in [3.05, 3.63) is 75.2 Å². The summed E-state index contributed by atoms with van der Waals surface area (Å²) in [6.07, 6.45) is 2.05. The molecule has 0 spiro atoms. The maximum atomic E-state index is 13.2. The number of rotatable bonds is 5. The van der Waals surface area contributed by atoms with E-state index in [0.717, 1.165) is 27.3 Å². The van der Waals surface area contributed by atoms with Gasteiger partial charge in [-0.3, -0.25) is 0 Å². The number of hydrogen-bond donors (Lipinski definition) is 0. The van der Waals surface area contributed by atoms with E-state index in [9.17, 15) is 8.42 Å². The Morgan fingerprint density at radius 3 is 2.41 bits per heavy atom. The van der Waals surface area contributed by atoms with Crippen LogP contribution in [0.5, 0.6) is 0 Å². The van der Waals surface area contributed by atoms with E-state index in [1.807, 2.05) is 24.3 Å². The Bertz CT molecular complexity index is 1170. The van der Waals surface area contributed by atoms with Gasteiger partial charge in [0.2, 0.25) is 0 Å². The lowest BCUT2D eigenvalue weighted by molar-refractivity contribution is 0.529. The van der Waals surface area contributed by atoms with Crippen molar-refractivity contribution in [2.45, 2.75) is 55.6 Å². The maximum absolute atomic E-state index is 13.2. The van der Waals surface area contributed by atoms with Crippen LogP contribution in [0.4, 0.5) is 5.13 Å². The summed E-state index contributed by atoms with van der Waals surface area (Å²) in [6.45, 7) is 7.83. The van der Waals surface area contributed by atoms with Crippen LogP contribution in [0.3, 0.4) is 0 Å². The van der Waals surface area contributed by atoms with Gasteiger partial charge >= 0.3 is 0 Å². The second-order valence-electron chi connectivity index (χ2n) is 9.43. The first-order valence-electron chi connectivity index (χ1n) is 10.9. The predicted molar refractivity (Wildman–Crippen MR) is 137 cm³/mol. The van der Waals surface area contributed by atoms with Crippen LogP contribution in [0.15, 0.2) is 63.3 Å². The molecule has 7 heteroatoms. The fourth-order valence-corrected chi connectivity index (χ4v) is 7.13. The van der Waals surface area contributed by atoms with Crippen LogP contribution in [-0.4, -0.2) is 31.7 Å². The first-order chi connectivity index (χ1) is 15.1. The number of aromatic nitrogens is 1. The standard InChI is InChI=1S/C25H29BrN2O2S2/c1-25(2,3)19-7-9-22(10-8-19)32(29,30)23-11-13-28(14-12-23)24-27-21(17-31-24)16-18-5-4-6-20(26)15-18/h4-10,15,17,23H,11-14,16H2,1-3H3. The highest BCUT2D eigenvalue weighted by molar-refractivity contribution is 9.10. The summed E-state index contributed by atoms with van der Waals surface area (Å²) in [5.74, 6) is 0. The Labute approximate surface area is 203 Å². The average molecular weight is 534 g/mol.